The topological polar surface area (TPSA) is 72.5 Å². The van der Waals surface area contributed by atoms with Crippen molar-refractivity contribution in [2.24, 2.45) is 5.73 Å². The van der Waals surface area contributed by atoms with Crippen LogP contribution in [0, 0.1) is 0 Å². The summed E-state index contributed by atoms with van der Waals surface area (Å²) in [6, 6.07) is 7.94. The highest BCUT2D eigenvalue weighted by molar-refractivity contribution is 5.78. The summed E-state index contributed by atoms with van der Waals surface area (Å²) in [5.74, 6) is -0.131. The molecule has 0 radical (unpaired) electrons. The van der Waals surface area contributed by atoms with Crippen molar-refractivity contribution in [3.63, 3.8) is 0 Å². The molecular weight excluding hydrogens is 242 g/mol. The highest BCUT2D eigenvalue weighted by atomic mass is 16.5. The monoisotopic (exact) mass is 265 g/mol. The van der Waals surface area contributed by atoms with Gasteiger partial charge in [0.2, 0.25) is 0 Å². The minimum Gasteiger partial charge on any atom is -0.494 e. The van der Waals surface area contributed by atoms with Gasteiger partial charge in [0, 0.05) is 0 Å². The highest BCUT2D eigenvalue weighted by Crippen LogP contribution is 2.16. The molecule has 0 saturated carbocycles. The maximum Gasteiger partial charge on any atom is 0.323 e. The van der Waals surface area contributed by atoms with Crippen LogP contribution in [0.25, 0.3) is 0 Å². The standard InChI is InChI=1S/C15H23NO3/c1-3-12-6-8-13(9-7-12)19-11-5-10-15(16,4-2)14(17)18/h6-9H,3-5,10-11,16H2,1-2H3,(H,17,18). The Kier molecular flexibility index (Phi) is 5.83. The molecule has 1 unspecified atom stereocenters. The molecule has 4 heteroatoms. The van der Waals surface area contributed by atoms with Gasteiger partial charge >= 0.3 is 5.97 Å². The molecule has 1 aromatic carbocycles. The van der Waals surface area contributed by atoms with Gasteiger partial charge in [0.05, 0.1) is 6.61 Å². The van der Waals surface area contributed by atoms with E-state index in [4.69, 9.17) is 15.6 Å². The summed E-state index contributed by atoms with van der Waals surface area (Å²) in [5, 5.41) is 9.04. The number of carbonyl (C=O) groups is 1. The number of benzene rings is 1. The van der Waals surface area contributed by atoms with Crippen molar-refractivity contribution in [3.8, 4) is 5.75 Å². The third kappa shape index (κ3) is 4.56. The first-order valence-electron chi connectivity index (χ1n) is 6.76. The molecule has 0 spiro atoms. The number of carboxylic acid groups (broad SMARTS) is 1. The molecule has 3 N–H and O–H groups in total. The van der Waals surface area contributed by atoms with Gasteiger partial charge in [0.1, 0.15) is 11.3 Å². The number of aryl methyl sites for hydroxylation is 1. The second kappa shape index (κ2) is 7.14. The van der Waals surface area contributed by atoms with Crippen molar-refractivity contribution >= 4 is 5.97 Å². The minimum atomic E-state index is -1.13. The Labute approximate surface area is 114 Å². The number of ether oxygens (including phenoxy) is 1. The quantitative estimate of drug-likeness (QED) is 0.709. The van der Waals surface area contributed by atoms with Gasteiger partial charge in [-0.15, -0.1) is 0 Å². The largest absolute Gasteiger partial charge is 0.494 e. The molecule has 1 atom stereocenters. The van der Waals surface area contributed by atoms with Crippen molar-refractivity contribution in [2.45, 2.75) is 45.1 Å². The predicted octanol–water partition coefficient (Wildman–Crippen LogP) is 2.60. The zero-order valence-electron chi connectivity index (χ0n) is 11.7. The van der Waals surface area contributed by atoms with E-state index in [1.807, 2.05) is 24.3 Å². The third-order valence-corrected chi connectivity index (χ3v) is 3.42. The van der Waals surface area contributed by atoms with E-state index in [0.29, 0.717) is 25.9 Å². The normalized spacial score (nSPS) is 13.8. The lowest BCUT2D eigenvalue weighted by Gasteiger charge is -2.22. The lowest BCUT2D eigenvalue weighted by molar-refractivity contribution is -0.143. The van der Waals surface area contributed by atoms with Crippen LogP contribution in [-0.4, -0.2) is 23.2 Å². The van der Waals surface area contributed by atoms with Crippen molar-refractivity contribution in [1.29, 1.82) is 0 Å². The SMILES string of the molecule is CCc1ccc(OCCCC(N)(CC)C(=O)O)cc1. The molecule has 19 heavy (non-hydrogen) atoms. The maximum absolute atomic E-state index is 11.0. The summed E-state index contributed by atoms with van der Waals surface area (Å²) in [4.78, 5) is 11.0. The first-order valence-corrected chi connectivity index (χ1v) is 6.76. The van der Waals surface area contributed by atoms with E-state index >= 15 is 0 Å². The zero-order valence-corrected chi connectivity index (χ0v) is 11.7. The number of aliphatic carboxylic acids is 1. The van der Waals surface area contributed by atoms with Crippen molar-refractivity contribution in [3.05, 3.63) is 29.8 Å². The smallest absolute Gasteiger partial charge is 0.323 e. The lowest BCUT2D eigenvalue weighted by atomic mass is 9.92. The fourth-order valence-corrected chi connectivity index (χ4v) is 1.83. The molecule has 0 amide bonds. The Balaban J connectivity index is 2.35. The molecule has 0 aliphatic rings. The molecule has 1 aromatic rings. The molecule has 4 nitrogen and oxygen atoms in total. The first-order chi connectivity index (χ1) is 9.01. The average Bonchev–Trinajstić information content (AvgIpc) is 2.43. The van der Waals surface area contributed by atoms with Gasteiger partial charge in [-0.2, -0.15) is 0 Å². The summed E-state index contributed by atoms with van der Waals surface area (Å²) in [6.07, 6.45) is 2.48. The molecule has 1 rings (SSSR count). The van der Waals surface area contributed by atoms with Gasteiger partial charge in [-0.3, -0.25) is 4.79 Å². The fourth-order valence-electron chi connectivity index (χ4n) is 1.83. The third-order valence-electron chi connectivity index (χ3n) is 3.42. The van der Waals surface area contributed by atoms with E-state index in [0.717, 1.165) is 12.2 Å². The molecule has 0 aromatic heterocycles. The number of hydrogen-bond acceptors (Lipinski definition) is 3. The molecule has 0 bridgehead atoms. The van der Waals surface area contributed by atoms with Crippen LogP contribution in [0.15, 0.2) is 24.3 Å². The van der Waals surface area contributed by atoms with Crippen LogP contribution < -0.4 is 10.5 Å². The van der Waals surface area contributed by atoms with Crippen LogP contribution in [-0.2, 0) is 11.2 Å². The van der Waals surface area contributed by atoms with Crippen LogP contribution in [0.1, 0.15) is 38.7 Å². The fraction of sp³-hybridized carbons (Fsp3) is 0.533. The minimum absolute atomic E-state index is 0.422. The molecule has 0 saturated heterocycles. The van der Waals surface area contributed by atoms with Crippen molar-refractivity contribution in [1.82, 2.24) is 0 Å². The van der Waals surface area contributed by atoms with E-state index in [9.17, 15) is 4.79 Å². The maximum atomic E-state index is 11.0. The molecule has 0 aliphatic heterocycles. The number of nitrogens with two attached hydrogens (primary N) is 1. The summed E-state index contributed by atoms with van der Waals surface area (Å²) in [5.41, 5.74) is 5.94. The molecular formula is C15H23NO3. The van der Waals surface area contributed by atoms with Crippen LogP contribution in [0.4, 0.5) is 0 Å². The van der Waals surface area contributed by atoms with Gasteiger partial charge in [-0.25, -0.2) is 0 Å². The number of hydrogen-bond donors (Lipinski definition) is 2. The zero-order chi connectivity index (χ0) is 14.3. The van der Waals surface area contributed by atoms with Gasteiger partial charge in [-0.1, -0.05) is 26.0 Å². The summed E-state index contributed by atoms with van der Waals surface area (Å²) >= 11 is 0. The van der Waals surface area contributed by atoms with Crippen LogP contribution in [0.2, 0.25) is 0 Å². The lowest BCUT2D eigenvalue weighted by Crippen LogP contribution is -2.47. The van der Waals surface area contributed by atoms with Crippen LogP contribution >= 0.6 is 0 Å². The van der Waals surface area contributed by atoms with Crippen molar-refractivity contribution in [2.75, 3.05) is 6.61 Å². The molecule has 106 valence electrons. The number of carboxylic acids is 1. The van der Waals surface area contributed by atoms with Gasteiger partial charge in [0.25, 0.3) is 0 Å². The molecule has 0 aliphatic carbocycles. The highest BCUT2D eigenvalue weighted by Gasteiger charge is 2.30. The summed E-state index contributed by atoms with van der Waals surface area (Å²) in [7, 11) is 0. The van der Waals surface area contributed by atoms with Crippen LogP contribution in [0.3, 0.4) is 0 Å². The van der Waals surface area contributed by atoms with E-state index in [1.165, 1.54) is 5.56 Å². The van der Waals surface area contributed by atoms with Crippen LogP contribution in [0.5, 0.6) is 5.75 Å². The van der Waals surface area contributed by atoms with E-state index in [2.05, 4.69) is 6.92 Å². The Hall–Kier alpha value is -1.55. The molecule has 0 heterocycles. The van der Waals surface area contributed by atoms with Crippen molar-refractivity contribution < 1.29 is 14.6 Å². The summed E-state index contributed by atoms with van der Waals surface area (Å²) < 4.78 is 5.58. The molecule has 0 fully saturated rings. The van der Waals surface area contributed by atoms with Gasteiger partial charge in [-0.05, 0) is 43.4 Å². The Morgan fingerprint density at radius 1 is 1.32 bits per heavy atom. The van der Waals surface area contributed by atoms with Gasteiger partial charge < -0.3 is 15.6 Å². The second-order valence-electron chi connectivity index (χ2n) is 4.76. The Morgan fingerprint density at radius 2 is 1.95 bits per heavy atom. The average molecular weight is 265 g/mol. The Morgan fingerprint density at radius 3 is 2.42 bits per heavy atom. The summed E-state index contributed by atoms with van der Waals surface area (Å²) in [6.45, 7) is 4.38. The number of rotatable bonds is 8. The second-order valence-corrected chi connectivity index (χ2v) is 4.76. The van der Waals surface area contributed by atoms with E-state index in [1.54, 1.807) is 6.92 Å². The van der Waals surface area contributed by atoms with E-state index in [-0.39, 0.29) is 0 Å². The Bertz CT molecular complexity index is 402. The van der Waals surface area contributed by atoms with Gasteiger partial charge in [0.15, 0.2) is 0 Å². The predicted molar refractivity (Wildman–Crippen MR) is 75.4 cm³/mol. The first kappa shape index (κ1) is 15.5. The van der Waals surface area contributed by atoms with E-state index < -0.39 is 11.5 Å².